The number of aryl methyl sites for hydroxylation is 1. The number of nitrogens with zero attached hydrogens (tertiary/aromatic N) is 3. The van der Waals surface area contributed by atoms with Crippen LogP contribution in [0.4, 0.5) is 5.82 Å². The lowest BCUT2D eigenvalue weighted by molar-refractivity contribution is -0.116. The zero-order valence-electron chi connectivity index (χ0n) is 16.4. The van der Waals surface area contributed by atoms with Crippen LogP contribution in [-0.2, 0) is 11.3 Å². The number of carbonyl (C=O) groups is 2. The highest BCUT2D eigenvalue weighted by Crippen LogP contribution is 2.27. The monoisotopic (exact) mass is 412 g/mol. The lowest BCUT2D eigenvalue weighted by Gasteiger charge is -2.21. The Morgan fingerprint density at radius 2 is 2.03 bits per heavy atom. The van der Waals surface area contributed by atoms with Gasteiger partial charge in [0.15, 0.2) is 5.78 Å². The van der Waals surface area contributed by atoms with Crippen molar-refractivity contribution in [3.05, 3.63) is 75.6 Å². The average molecular weight is 413 g/mol. The van der Waals surface area contributed by atoms with Gasteiger partial charge in [-0.25, -0.2) is 9.97 Å². The zero-order valence-corrected chi connectivity index (χ0v) is 17.2. The van der Waals surface area contributed by atoms with E-state index < -0.39 is 0 Å². The van der Waals surface area contributed by atoms with Gasteiger partial charge in [-0.15, -0.1) is 11.8 Å². The van der Waals surface area contributed by atoms with Crippen LogP contribution < -0.4 is 5.73 Å². The van der Waals surface area contributed by atoms with Gasteiger partial charge in [-0.1, -0.05) is 30.3 Å². The van der Waals surface area contributed by atoms with Gasteiger partial charge in [-0.05, 0) is 25.3 Å². The largest absolute Gasteiger partial charge is 0.396 e. The molecule has 29 heavy (non-hydrogen) atoms. The Morgan fingerprint density at radius 3 is 2.66 bits per heavy atom. The molecule has 1 heterocycles. The molecular formula is C21H24N4O3S. The van der Waals surface area contributed by atoms with Crippen LogP contribution >= 0.6 is 11.8 Å². The fourth-order valence-corrected chi connectivity index (χ4v) is 3.37. The van der Waals surface area contributed by atoms with Crippen LogP contribution in [0.25, 0.3) is 0 Å². The second kappa shape index (κ2) is 11.1. The van der Waals surface area contributed by atoms with Crippen LogP contribution in [-0.4, -0.2) is 38.8 Å². The molecule has 0 aliphatic carbocycles. The molecule has 1 amide bonds. The predicted octanol–water partition coefficient (Wildman–Crippen LogP) is 3.07. The predicted molar refractivity (Wildman–Crippen MR) is 115 cm³/mol. The Kier molecular flexibility index (Phi) is 8.57. The van der Waals surface area contributed by atoms with Crippen LogP contribution in [0.1, 0.15) is 35.1 Å². The van der Waals surface area contributed by atoms with Gasteiger partial charge < -0.3 is 15.7 Å². The fraction of sp³-hybridized carbons (Fsp3) is 0.238. The third-order valence-corrected chi connectivity index (χ3v) is 5.20. The lowest BCUT2D eigenvalue weighted by atomic mass is 10.1. The average Bonchev–Trinajstić information content (AvgIpc) is 2.72. The van der Waals surface area contributed by atoms with Crippen molar-refractivity contribution >= 4 is 29.8 Å². The number of nitrogens with two attached hydrogens (primary N) is 1. The first-order valence-electron chi connectivity index (χ1n) is 8.99. The molecule has 1 aromatic heterocycles. The smallest absolute Gasteiger partial charge is 0.214 e. The van der Waals surface area contributed by atoms with Gasteiger partial charge in [-0.3, -0.25) is 9.59 Å². The number of hydrogen-bond donors (Lipinski definition) is 2. The molecule has 0 bridgehead atoms. The van der Waals surface area contributed by atoms with Crippen LogP contribution in [0, 0.1) is 6.92 Å². The van der Waals surface area contributed by atoms with E-state index in [-0.39, 0.29) is 18.9 Å². The van der Waals surface area contributed by atoms with Gasteiger partial charge in [0.25, 0.3) is 0 Å². The molecule has 0 saturated heterocycles. The minimum atomic E-state index is -0.115. The van der Waals surface area contributed by atoms with Gasteiger partial charge in [0.2, 0.25) is 6.41 Å². The highest BCUT2D eigenvalue weighted by molar-refractivity contribution is 8.05. The van der Waals surface area contributed by atoms with E-state index in [9.17, 15) is 14.7 Å². The maximum Gasteiger partial charge on any atom is 0.214 e. The first-order chi connectivity index (χ1) is 14.0. The molecule has 152 valence electrons. The number of anilines is 1. The van der Waals surface area contributed by atoms with Crippen LogP contribution in [0.2, 0.25) is 0 Å². The molecule has 2 aromatic rings. The van der Waals surface area contributed by atoms with Gasteiger partial charge >= 0.3 is 0 Å². The summed E-state index contributed by atoms with van der Waals surface area (Å²) in [4.78, 5) is 34.3. The molecule has 1 aromatic carbocycles. The first-order valence-corrected chi connectivity index (χ1v) is 9.87. The number of aliphatic hydroxyl groups excluding tert-OH is 1. The first kappa shape index (κ1) is 22.3. The summed E-state index contributed by atoms with van der Waals surface area (Å²) in [5, 5.41) is 11.1. The molecule has 8 heteroatoms. The van der Waals surface area contributed by atoms with Crippen molar-refractivity contribution in [2.45, 2.75) is 26.8 Å². The summed E-state index contributed by atoms with van der Waals surface area (Å²) < 4.78 is 0. The van der Waals surface area contributed by atoms with E-state index in [1.54, 1.807) is 49.7 Å². The summed E-state index contributed by atoms with van der Waals surface area (Å²) in [6, 6.07) is 8.95. The normalized spacial score (nSPS) is 12.0. The number of rotatable bonds is 10. The van der Waals surface area contributed by atoms with E-state index in [4.69, 9.17) is 5.73 Å². The van der Waals surface area contributed by atoms with Crippen LogP contribution in [0.3, 0.4) is 0 Å². The van der Waals surface area contributed by atoms with E-state index in [0.717, 1.165) is 4.91 Å². The molecule has 3 N–H and O–H groups in total. The minimum absolute atomic E-state index is 0.0807. The molecule has 0 aliphatic heterocycles. The molecule has 0 aliphatic rings. The molecule has 2 rings (SSSR count). The summed E-state index contributed by atoms with van der Waals surface area (Å²) >= 11 is 1.29. The number of ketones is 1. The third kappa shape index (κ3) is 6.55. The molecule has 0 unspecified atom stereocenters. The molecular weight excluding hydrogens is 388 g/mol. The molecule has 0 radical (unpaired) electrons. The van der Waals surface area contributed by atoms with Crippen molar-refractivity contribution in [2.24, 2.45) is 0 Å². The van der Waals surface area contributed by atoms with Crippen molar-refractivity contribution in [3.8, 4) is 0 Å². The molecule has 0 atom stereocenters. The van der Waals surface area contributed by atoms with Crippen LogP contribution in [0.15, 0.2) is 58.6 Å². The number of allylic oxidation sites excluding steroid dienone is 2. The van der Waals surface area contributed by atoms with E-state index in [1.165, 1.54) is 22.7 Å². The number of benzene rings is 1. The summed E-state index contributed by atoms with van der Waals surface area (Å²) in [6.45, 7) is 3.65. The van der Waals surface area contributed by atoms with Gasteiger partial charge in [-0.2, -0.15) is 0 Å². The second-order valence-corrected chi connectivity index (χ2v) is 7.19. The molecule has 7 nitrogen and oxygen atoms in total. The van der Waals surface area contributed by atoms with E-state index in [1.807, 2.05) is 6.07 Å². The highest BCUT2D eigenvalue weighted by atomic mass is 32.2. The standard InChI is InChI=1S/C21H24N4O3S/c1-15(25(14-27)13-18-12-23-16(2)24-21(18)22)20(8-10-26)29-11-9-19(28)17-6-4-3-5-7-17/h3-7,9,11-12,14,26H,8,10,13H2,1-2H3,(H2,22,23,24)/b11-9+,20-15+. The van der Waals surface area contributed by atoms with Gasteiger partial charge in [0, 0.05) is 41.0 Å². The third-order valence-electron chi connectivity index (χ3n) is 4.15. The maximum absolute atomic E-state index is 12.2. The van der Waals surface area contributed by atoms with Crippen molar-refractivity contribution in [3.63, 3.8) is 0 Å². The SMILES string of the molecule is C/C(=C(/CCO)S/C=C/C(=O)c1ccccc1)N(C=O)Cc1cnc(C)nc1N. The van der Waals surface area contributed by atoms with Crippen molar-refractivity contribution < 1.29 is 14.7 Å². The van der Waals surface area contributed by atoms with E-state index >= 15 is 0 Å². The number of aliphatic hydroxyl groups is 1. The Hall–Kier alpha value is -2.97. The Labute approximate surface area is 174 Å². The zero-order chi connectivity index (χ0) is 21.2. The minimum Gasteiger partial charge on any atom is -0.396 e. The number of carbonyl (C=O) groups excluding carboxylic acids is 2. The Morgan fingerprint density at radius 1 is 1.31 bits per heavy atom. The Bertz CT molecular complexity index is 913. The quantitative estimate of drug-likeness (QED) is 0.351. The molecule has 0 spiro atoms. The number of hydrogen-bond acceptors (Lipinski definition) is 7. The van der Waals surface area contributed by atoms with E-state index in [2.05, 4.69) is 9.97 Å². The summed E-state index contributed by atoms with van der Waals surface area (Å²) in [7, 11) is 0. The highest BCUT2D eigenvalue weighted by Gasteiger charge is 2.13. The topological polar surface area (TPSA) is 109 Å². The number of amides is 1. The van der Waals surface area contributed by atoms with Gasteiger partial charge in [0.05, 0.1) is 6.54 Å². The van der Waals surface area contributed by atoms with Crippen LogP contribution in [0.5, 0.6) is 0 Å². The Balaban J connectivity index is 2.16. The molecule has 0 saturated carbocycles. The summed E-state index contributed by atoms with van der Waals surface area (Å²) in [5.74, 6) is 0.763. The summed E-state index contributed by atoms with van der Waals surface area (Å²) in [5.41, 5.74) is 7.81. The lowest BCUT2D eigenvalue weighted by Crippen LogP contribution is -2.21. The van der Waals surface area contributed by atoms with Crippen molar-refractivity contribution in [1.29, 1.82) is 0 Å². The molecule has 0 fully saturated rings. The van der Waals surface area contributed by atoms with Crippen molar-refractivity contribution in [1.82, 2.24) is 14.9 Å². The number of thioether (sulfide) groups is 1. The maximum atomic E-state index is 12.2. The number of aromatic nitrogens is 2. The van der Waals surface area contributed by atoms with E-state index in [0.29, 0.717) is 41.3 Å². The van der Waals surface area contributed by atoms with Crippen molar-refractivity contribution in [2.75, 3.05) is 12.3 Å². The number of nitrogen functional groups attached to an aromatic ring is 1. The summed E-state index contributed by atoms with van der Waals surface area (Å²) in [6.07, 6.45) is 4.12. The second-order valence-electron chi connectivity index (χ2n) is 6.19. The fourth-order valence-electron chi connectivity index (χ4n) is 2.52. The van der Waals surface area contributed by atoms with Gasteiger partial charge in [0.1, 0.15) is 11.6 Å².